The van der Waals surface area contributed by atoms with E-state index in [1.54, 1.807) is 10.4 Å². The molecule has 1 aromatic carbocycles. The Kier molecular flexibility index (Phi) is 3.48. The Morgan fingerprint density at radius 3 is 3.10 bits per heavy atom. The van der Waals surface area contributed by atoms with Gasteiger partial charge in [0.25, 0.3) is 0 Å². The minimum Gasteiger partial charge on any atom is -0.385 e. The first kappa shape index (κ1) is 13.4. The van der Waals surface area contributed by atoms with Crippen LogP contribution in [0.5, 0.6) is 0 Å². The first-order valence-electron chi connectivity index (χ1n) is 7.96. The van der Waals surface area contributed by atoms with Crippen LogP contribution < -0.4 is 5.32 Å². The summed E-state index contributed by atoms with van der Waals surface area (Å²) in [5.74, 6) is 0.671. The highest BCUT2D eigenvalue weighted by Crippen LogP contribution is 2.37. The van der Waals surface area contributed by atoms with E-state index < -0.39 is 0 Å². The summed E-state index contributed by atoms with van der Waals surface area (Å²) in [6.45, 7) is 5.88. The van der Waals surface area contributed by atoms with Crippen molar-refractivity contribution < 1.29 is 0 Å². The lowest BCUT2D eigenvalue weighted by Gasteiger charge is -2.38. The molecule has 0 fully saturated rings. The van der Waals surface area contributed by atoms with Crippen LogP contribution in [0.2, 0.25) is 0 Å². The zero-order valence-electron chi connectivity index (χ0n) is 12.5. The summed E-state index contributed by atoms with van der Waals surface area (Å²) in [5.41, 5.74) is 4.41. The van der Waals surface area contributed by atoms with Crippen molar-refractivity contribution in [1.29, 1.82) is 0 Å². The van der Waals surface area contributed by atoms with E-state index in [1.165, 1.54) is 37.2 Å². The minimum absolute atomic E-state index is 0.571. The van der Waals surface area contributed by atoms with Gasteiger partial charge in [-0.15, -0.1) is 11.3 Å². The van der Waals surface area contributed by atoms with E-state index in [-0.39, 0.29) is 0 Å². The molecule has 0 bridgehead atoms. The van der Waals surface area contributed by atoms with E-state index in [9.17, 15) is 0 Å². The van der Waals surface area contributed by atoms with Crippen molar-refractivity contribution in [1.82, 2.24) is 4.90 Å². The van der Waals surface area contributed by atoms with Gasteiger partial charge in [-0.05, 0) is 48.4 Å². The third-order valence-electron chi connectivity index (χ3n) is 5.07. The molecule has 2 aliphatic heterocycles. The quantitative estimate of drug-likeness (QED) is 0.891. The average Bonchev–Trinajstić information content (AvgIpc) is 3.00. The summed E-state index contributed by atoms with van der Waals surface area (Å²) >= 11 is 1.93. The van der Waals surface area contributed by atoms with Gasteiger partial charge in [0.05, 0.1) is 0 Å². The highest BCUT2D eigenvalue weighted by Gasteiger charge is 2.28. The van der Waals surface area contributed by atoms with Crippen LogP contribution in [-0.2, 0) is 6.42 Å². The molecule has 3 heteroatoms. The molecule has 1 N–H and O–H groups in total. The molecule has 1 aromatic heterocycles. The standard InChI is InChI=1S/C18H22N2S/c1-13-15-8-11-21-18(15)7-10-20(13)12-14-6-9-19-17-5-3-2-4-16(14)17/h2-5,8,11,13-14,19H,6-7,9-10,12H2,1H3. The Morgan fingerprint density at radius 2 is 2.14 bits per heavy atom. The van der Waals surface area contributed by atoms with Crippen LogP contribution in [0.25, 0.3) is 0 Å². The monoisotopic (exact) mass is 298 g/mol. The van der Waals surface area contributed by atoms with Crippen LogP contribution in [0, 0.1) is 0 Å². The normalized spacial score (nSPS) is 25.0. The second-order valence-corrected chi connectivity index (χ2v) is 7.22. The van der Waals surface area contributed by atoms with Crippen LogP contribution in [0.15, 0.2) is 35.7 Å². The molecule has 21 heavy (non-hydrogen) atoms. The molecule has 0 saturated carbocycles. The molecular formula is C18H22N2S. The van der Waals surface area contributed by atoms with Crippen molar-refractivity contribution in [3.63, 3.8) is 0 Å². The molecule has 0 saturated heterocycles. The van der Waals surface area contributed by atoms with Crippen molar-refractivity contribution in [2.45, 2.75) is 31.7 Å². The van der Waals surface area contributed by atoms with Crippen LogP contribution in [-0.4, -0.2) is 24.5 Å². The van der Waals surface area contributed by atoms with Crippen molar-refractivity contribution >= 4 is 17.0 Å². The fraction of sp³-hybridized carbons (Fsp3) is 0.444. The van der Waals surface area contributed by atoms with E-state index in [2.05, 4.69) is 52.9 Å². The number of rotatable bonds is 2. The van der Waals surface area contributed by atoms with Crippen LogP contribution in [0.3, 0.4) is 0 Å². The Balaban J connectivity index is 1.55. The summed E-state index contributed by atoms with van der Waals surface area (Å²) in [4.78, 5) is 4.28. The van der Waals surface area contributed by atoms with E-state index in [0.29, 0.717) is 12.0 Å². The predicted molar refractivity (Wildman–Crippen MR) is 90.3 cm³/mol. The number of benzene rings is 1. The zero-order valence-corrected chi connectivity index (χ0v) is 13.3. The molecule has 4 rings (SSSR count). The average molecular weight is 298 g/mol. The zero-order chi connectivity index (χ0) is 14.2. The number of nitrogens with one attached hydrogen (secondary N) is 1. The maximum atomic E-state index is 3.54. The van der Waals surface area contributed by atoms with Crippen molar-refractivity contribution in [2.75, 3.05) is 25.0 Å². The molecule has 0 spiro atoms. The largest absolute Gasteiger partial charge is 0.385 e. The molecule has 0 amide bonds. The van der Waals surface area contributed by atoms with Crippen molar-refractivity contribution in [3.05, 3.63) is 51.7 Å². The maximum absolute atomic E-state index is 3.54. The Hall–Kier alpha value is -1.32. The lowest BCUT2D eigenvalue weighted by atomic mass is 9.89. The van der Waals surface area contributed by atoms with Crippen LogP contribution in [0.1, 0.15) is 41.3 Å². The van der Waals surface area contributed by atoms with Gasteiger partial charge in [-0.2, -0.15) is 0 Å². The number of fused-ring (bicyclic) bond motifs is 2. The Labute approximate surface area is 130 Å². The van der Waals surface area contributed by atoms with Gasteiger partial charge in [-0.25, -0.2) is 0 Å². The molecule has 2 nitrogen and oxygen atoms in total. The van der Waals surface area contributed by atoms with Gasteiger partial charge in [0.15, 0.2) is 0 Å². The summed E-state index contributed by atoms with van der Waals surface area (Å²) in [6.07, 6.45) is 2.47. The predicted octanol–water partition coefficient (Wildman–Crippen LogP) is 4.27. The number of hydrogen-bond acceptors (Lipinski definition) is 3. The minimum atomic E-state index is 0.571. The van der Waals surface area contributed by atoms with E-state index in [0.717, 1.165) is 6.54 Å². The third-order valence-corrected chi connectivity index (χ3v) is 6.06. The molecule has 2 aromatic rings. The smallest absolute Gasteiger partial charge is 0.0376 e. The molecular weight excluding hydrogens is 276 g/mol. The Bertz CT molecular complexity index is 634. The second-order valence-electron chi connectivity index (χ2n) is 6.22. The van der Waals surface area contributed by atoms with Gasteiger partial charge in [-0.3, -0.25) is 4.90 Å². The second kappa shape index (κ2) is 5.47. The number of thiophene rings is 1. The fourth-order valence-corrected chi connectivity index (χ4v) is 4.80. The van der Waals surface area contributed by atoms with Gasteiger partial charge in [0.1, 0.15) is 0 Å². The third kappa shape index (κ3) is 2.39. The van der Waals surface area contributed by atoms with Gasteiger partial charge in [0, 0.05) is 42.2 Å². The first-order valence-corrected chi connectivity index (χ1v) is 8.84. The fourth-order valence-electron chi connectivity index (χ4n) is 3.83. The van der Waals surface area contributed by atoms with Gasteiger partial charge < -0.3 is 5.32 Å². The number of nitrogens with zero attached hydrogens (tertiary/aromatic N) is 1. The lowest BCUT2D eigenvalue weighted by molar-refractivity contribution is 0.185. The molecule has 0 aliphatic carbocycles. The molecule has 2 aliphatic rings. The highest BCUT2D eigenvalue weighted by molar-refractivity contribution is 7.10. The van der Waals surface area contributed by atoms with Crippen LogP contribution >= 0.6 is 11.3 Å². The van der Waals surface area contributed by atoms with Crippen molar-refractivity contribution in [2.24, 2.45) is 0 Å². The highest BCUT2D eigenvalue weighted by atomic mass is 32.1. The van der Waals surface area contributed by atoms with E-state index in [1.807, 2.05) is 11.3 Å². The van der Waals surface area contributed by atoms with Crippen molar-refractivity contribution in [3.8, 4) is 0 Å². The molecule has 110 valence electrons. The molecule has 3 heterocycles. The molecule has 0 radical (unpaired) electrons. The summed E-state index contributed by atoms with van der Waals surface area (Å²) in [6, 6.07) is 11.7. The number of para-hydroxylation sites is 1. The number of anilines is 1. The van der Waals surface area contributed by atoms with Gasteiger partial charge in [-0.1, -0.05) is 18.2 Å². The van der Waals surface area contributed by atoms with E-state index >= 15 is 0 Å². The number of hydrogen-bond donors (Lipinski definition) is 1. The first-order chi connectivity index (χ1) is 10.3. The molecule has 2 unspecified atom stereocenters. The lowest BCUT2D eigenvalue weighted by Crippen LogP contribution is -2.37. The maximum Gasteiger partial charge on any atom is 0.0376 e. The summed E-state index contributed by atoms with van der Waals surface area (Å²) in [5, 5.41) is 5.79. The topological polar surface area (TPSA) is 15.3 Å². The van der Waals surface area contributed by atoms with Gasteiger partial charge in [0.2, 0.25) is 0 Å². The molecule has 2 atom stereocenters. The summed E-state index contributed by atoms with van der Waals surface area (Å²) < 4.78 is 0. The van der Waals surface area contributed by atoms with E-state index in [4.69, 9.17) is 0 Å². The Morgan fingerprint density at radius 1 is 1.24 bits per heavy atom. The summed E-state index contributed by atoms with van der Waals surface area (Å²) in [7, 11) is 0. The SMILES string of the molecule is CC1c2ccsc2CCN1CC1CCNc2ccccc21. The van der Waals surface area contributed by atoms with Crippen LogP contribution in [0.4, 0.5) is 5.69 Å². The van der Waals surface area contributed by atoms with Gasteiger partial charge >= 0.3 is 0 Å².